The molecule has 0 fully saturated rings. The highest BCUT2D eigenvalue weighted by Crippen LogP contribution is 2.20. The summed E-state index contributed by atoms with van der Waals surface area (Å²) in [7, 11) is 5.05. The Bertz CT molecular complexity index is 130. The maximum atomic E-state index is 9.36. The van der Waals surface area contributed by atoms with Crippen molar-refractivity contribution in [2.45, 2.75) is 38.1 Å². The van der Waals surface area contributed by atoms with Crippen LogP contribution in [0.3, 0.4) is 0 Å². The topological polar surface area (TPSA) is 29.5 Å². The Balaban J connectivity index is 3.57. The Labute approximate surface area is 79.9 Å². The summed E-state index contributed by atoms with van der Waals surface area (Å²) in [6, 6.07) is 0. The molecule has 0 aliphatic heterocycles. The maximum absolute atomic E-state index is 9.36. The fraction of sp³-hybridized carbons (Fsp3) is 1.00. The van der Waals surface area contributed by atoms with Gasteiger partial charge >= 0.3 is 0 Å². The number of ether oxygens (including phenoxy) is 1. The molecule has 0 bridgehead atoms. The molecule has 0 rings (SSSR count). The smallest absolute Gasteiger partial charge is 0.0772 e. The molecule has 0 saturated heterocycles. The SMILES string of the molecule is CC(O)(P)CCOC(C)(C)CP. The minimum absolute atomic E-state index is 0.0966. The van der Waals surface area contributed by atoms with E-state index in [0.29, 0.717) is 13.0 Å². The molecule has 74 valence electrons. The standard InChI is InChI=1S/C8H20O2P2/c1-7(2,6-11)10-5-4-8(3,9)12/h9H,4-6,11-12H2,1-3H3. The number of rotatable bonds is 5. The predicted molar refractivity (Wildman–Crippen MR) is 59.6 cm³/mol. The third-order valence-electron chi connectivity index (χ3n) is 1.59. The third kappa shape index (κ3) is 7.43. The normalized spacial score (nSPS) is 17.5. The fourth-order valence-corrected chi connectivity index (χ4v) is 0.829. The van der Waals surface area contributed by atoms with Crippen molar-refractivity contribution in [2.24, 2.45) is 0 Å². The van der Waals surface area contributed by atoms with E-state index in [1.54, 1.807) is 6.92 Å². The van der Waals surface area contributed by atoms with Crippen molar-refractivity contribution in [3.05, 3.63) is 0 Å². The quantitative estimate of drug-likeness (QED) is 0.699. The Hall–Kier alpha value is 0.780. The van der Waals surface area contributed by atoms with Crippen LogP contribution < -0.4 is 0 Å². The van der Waals surface area contributed by atoms with E-state index in [1.165, 1.54) is 0 Å². The summed E-state index contributed by atoms with van der Waals surface area (Å²) in [5.41, 5.74) is -0.0966. The van der Waals surface area contributed by atoms with Crippen LogP contribution >= 0.6 is 18.5 Å². The van der Waals surface area contributed by atoms with Crippen molar-refractivity contribution >= 4 is 18.5 Å². The zero-order valence-corrected chi connectivity index (χ0v) is 10.4. The zero-order valence-electron chi connectivity index (χ0n) is 8.13. The van der Waals surface area contributed by atoms with E-state index in [0.717, 1.165) is 6.16 Å². The van der Waals surface area contributed by atoms with Gasteiger partial charge in [-0.3, -0.25) is 0 Å². The minimum Gasteiger partial charge on any atom is -0.386 e. The summed E-state index contributed by atoms with van der Waals surface area (Å²) < 4.78 is 5.56. The van der Waals surface area contributed by atoms with Gasteiger partial charge in [0.2, 0.25) is 0 Å². The second kappa shape index (κ2) is 4.86. The third-order valence-corrected chi connectivity index (χ3v) is 2.86. The Morgan fingerprint density at radius 1 is 1.33 bits per heavy atom. The lowest BCUT2D eigenvalue weighted by Crippen LogP contribution is -2.29. The van der Waals surface area contributed by atoms with E-state index in [4.69, 9.17) is 4.74 Å². The van der Waals surface area contributed by atoms with Crippen LogP contribution in [-0.4, -0.2) is 28.8 Å². The van der Waals surface area contributed by atoms with Gasteiger partial charge in [0.05, 0.1) is 17.6 Å². The summed E-state index contributed by atoms with van der Waals surface area (Å²) in [4.78, 5) is 0. The van der Waals surface area contributed by atoms with Crippen molar-refractivity contribution in [1.82, 2.24) is 0 Å². The van der Waals surface area contributed by atoms with Crippen molar-refractivity contribution in [3.63, 3.8) is 0 Å². The lowest BCUT2D eigenvalue weighted by atomic mass is 10.2. The monoisotopic (exact) mass is 210 g/mol. The Morgan fingerprint density at radius 2 is 1.83 bits per heavy atom. The van der Waals surface area contributed by atoms with E-state index in [1.807, 2.05) is 13.8 Å². The summed E-state index contributed by atoms with van der Waals surface area (Å²) in [6.07, 6.45) is 1.55. The molecule has 0 amide bonds. The second-order valence-electron chi connectivity index (χ2n) is 3.92. The Kier molecular flexibility index (Phi) is 5.18. The molecule has 3 atom stereocenters. The van der Waals surface area contributed by atoms with Gasteiger partial charge in [0, 0.05) is 6.42 Å². The van der Waals surface area contributed by atoms with Crippen molar-refractivity contribution in [1.29, 1.82) is 0 Å². The van der Waals surface area contributed by atoms with Gasteiger partial charge in [-0.25, -0.2) is 0 Å². The molecule has 2 nitrogen and oxygen atoms in total. The first-order chi connectivity index (χ1) is 5.27. The van der Waals surface area contributed by atoms with Crippen LogP contribution in [0, 0.1) is 0 Å². The van der Waals surface area contributed by atoms with Gasteiger partial charge in [-0.15, -0.1) is 18.5 Å². The van der Waals surface area contributed by atoms with Crippen molar-refractivity contribution in [2.75, 3.05) is 12.8 Å². The molecule has 0 spiro atoms. The fourth-order valence-electron chi connectivity index (χ4n) is 0.593. The lowest BCUT2D eigenvalue weighted by Gasteiger charge is -2.25. The Morgan fingerprint density at radius 3 is 2.17 bits per heavy atom. The molecule has 3 unspecified atom stereocenters. The van der Waals surface area contributed by atoms with Crippen LogP contribution in [0.4, 0.5) is 0 Å². The average molecular weight is 210 g/mol. The number of hydrogen-bond donors (Lipinski definition) is 1. The molecule has 0 aromatic heterocycles. The van der Waals surface area contributed by atoms with Gasteiger partial charge in [-0.2, -0.15) is 0 Å². The number of hydrogen-bond acceptors (Lipinski definition) is 2. The van der Waals surface area contributed by atoms with Crippen LogP contribution in [0.5, 0.6) is 0 Å². The van der Waals surface area contributed by atoms with E-state index in [9.17, 15) is 5.11 Å². The molecule has 4 heteroatoms. The number of aliphatic hydroxyl groups is 1. The lowest BCUT2D eigenvalue weighted by molar-refractivity contribution is -0.0180. The highest BCUT2D eigenvalue weighted by molar-refractivity contribution is 7.18. The van der Waals surface area contributed by atoms with Gasteiger partial charge in [-0.1, -0.05) is 0 Å². The van der Waals surface area contributed by atoms with Gasteiger partial charge in [0.25, 0.3) is 0 Å². The van der Waals surface area contributed by atoms with Crippen LogP contribution in [0.25, 0.3) is 0 Å². The summed E-state index contributed by atoms with van der Waals surface area (Å²) in [5.74, 6) is 0. The van der Waals surface area contributed by atoms with E-state index < -0.39 is 5.34 Å². The summed E-state index contributed by atoms with van der Waals surface area (Å²) in [5, 5.41) is 8.67. The molecule has 1 N–H and O–H groups in total. The molecule has 0 aromatic carbocycles. The van der Waals surface area contributed by atoms with Crippen LogP contribution in [0.15, 0.2) is 0 Å². The average Bonchev–Trinajstić information content (AvgIpc) is 1.84. The molecule has 12 heavy (non-hydrogen) atoms. The second-order valence-corrected chi connectivity index (χ2v) is 5.57. The summed E-state index contributed by atoms with van der Waals surface area (Å²) in [6.45, 7) is 6.43. The van der Waals surface area contributed by atoms with Gasteiger partial charge < -0.3 is 9.84 Å². The highest BCUT2D eigenvalue weighted by atomic mass is 31.0. The molecular weight excluding hydrogens is 190 g/mol. The molecule has 0 aliphatic rings. The first kappa shape index (κ1) is 12.8. The largest absolute Gasteiger partial charge is 0.386 e. The molecule has 0 radical (unpaired) electrons. The first-order valence-electron chi connectivity index (χ1n) is 4.12. The predicted octanol–water partition coefficient (Wildman–Crippen LogP) is 1.63. The molecule has 0 aromatic rings. The minimum atomic E-state index is -0.697. The maximum Gasteiger partial charge on any atom is 0.0772 e. The van der Waals surface area contributed by atoms with Gasteiger partial charge in [0.1, 0.15) is 0 Å². The van der Waals surface area contributed by atoms with Crippen LogP contribution in [0.2, 0.25) is 0 Å². The molecule has 0 aliphatic carbocycles. The van der Waals surface area contributed by atoms with Crippen molar-refractivity contribution < 1.29 is 9.84 Å². The zero-order chi connectivity index (χ0) is 9.83. The van der Waals surface area contributed by atoms with Gasteiger partial charge in [-0.05, 0) is 26.9 Å². The highest BCUT2D eigenvalue weighted by Gasteiger charge is 2.18. The first-order valence-corrected chi connectivity index (χ1v) is 5.51. The molecular formula is C8H20O2P2. The summed E-state index contributed by atoms with van der Waals surface area (Å²) >= 11 is 0. The van der Waals surface area contributed by atoms with Gasteiger partial charge in [0.15, 0.2) is 0 Å². The van der Waals surface area contributed by atoms with Crippen LogP contribution in [0.1, 0.15) is 27.2 Å². The molecule has 0 heterocycles. The molecule has 0 saturated carbocycles. The van der Waals surface area contributed by atoms with E-state index in [-0.39, 0.29) is 5.60 Å². The van der Waals surface area contributed by atoms with Crippen molar-refractivity contribution in [3.8, 4) is 0 Å². The van der Waals surface area contributed by atoms with E-state index in [2.05, 4.69) is 18.5 Å². The van der Waals surface area contributed by atoms with E-state index >= 15 is 0 Å². The van der Waals surface area contributed by atoms with Crippen LogP contribution in [-0.2, 0) is 4.74 Å².